The summed E-state index contributed by atoms with van der Waals surface area (Å²) in [5, 5.41) is 12.2. The Kier molecular flexibility index (Phi) is 4.72. The fourth-order valence-corrected chi connectivity index (χ4v) is 3.36. The Hall–Kier alpha value is -3.00. The molecule has 4 rings (SSSR count). The molecule has 2 atom stereocenters. The van der Waals surface area contributed by atoms with Crippen LogP contribution in [-0.2, 0) is 22.5 Å². The van der Waals surface area contributed by atoms with Gasteiger partial charge in [-0.2, -0.15) is 5.10 Å². The Morgan fingerprint density at radius 2 is 2.19 bits per heavy atom. The first-order valence-corrected chi connectivity index (χ1v) is 8.84. The summed E-state index contributed by atoms with van der Waals surface area (Å²) in [6.07, 6.45) is 2.23. The highest BCUT2D eigenvalue weighted by Gasteiger charge is 2.30. The summed E-state index contributed by atoms with van der Waals surface area (Å²) in [6, 6.07) is 8.93. The summed E-state index contributed by atoms with van der Waals surface area (Å²) >= 11 is 0. The van der Waals surface area contributed by atoms with Crippen LogP contribution in [0.15, 0.2) is 45.8 Å². The van der Waals surface area contributed by atoms with Crippen LogP contribution >= 0.6 is 0 Å². The van der Waals surface area contributed by atoms with Crippen LogP contribution in [0.5, 0.6) is 0 Å². The summed E-state index contributed by atoms with van der Waals surface area (Å²) in [5.41, 5.74) is 0.547. The van der Waals surface area contributed by atoms with E-state index in [0.717, 1.165) is 16.8 Å². The number of hydrogen-bond donors (Lipinski definition) is 1. The Morgan fingerprint density at radius 1 is 1.33 bits per heavy atom. The monoisotopic (exact) mass is 368 g/mol. The highest BCUT2D eigenvalue weighted by molar-refractivity contribution is 5.81. The molecular weight excluding hydrogens is 348 g/mol. The van der Waals surface area contributed by atoms with Gasteiger partial charge in [0, 0.05) is 23.8 Å². The molecule has 0 spiro atoms. The summed E-state index contributed by atoms with van der Waals surface area (Å²) in [4.78, 5) is 24.9. The highest BCUT2D eigenvalue weighted by Crippen LogP contribution is 2.19. The van der Waals surface area contributed by atoms with Gasteiger partial charge in [0.25, 0.3) is 5.56 Å². The quantitative estimate of drug-likeness (QED) is 0.723. The summed E-state index contributed by atoms with van der Waals surface area (Å²) < 4.78 is 12.0. The minimum Gasteiger partial charge on any atom is -0.379 e. The summed E-state index contributed by atoms with van der Waals surface area (Å²) in [6.45, 7) is 2.71. The number of hydrogen-bond acceptors (Lipinski definition) is 6. The van der Waals surface area contributed by atoms with Gasteiger partial charge in [0.05, 0.1) is 36.5 Å². The number of nitrogens with one attached hydrogen (secondary N) is 1. The van der Waals surface area contributed by atoms with E-state index in [0.29, 0.717) is 25.0 Å². The van der Waals surface area contributed by atoms with Crippen molar-refractivity contribution in [3.05, 3.63) is 58.3 Å². The molecule has 140 valence electrons. The number of benzene rings is 1. The van der Waals surface area contributed by atoms with Gasteiger partial charge in [-0.25, -0.2) is 4.68 Å². The Balaban J connectivity index is 1.43. The third-order valence-electron chi connectivity index (χ3n) is 4.74. The van der Waals surface area contributed by atoms with Crippen LogP contribution in [-0.4, -0.2) is 40.1 Å². The number of carbonyl (C=O) groups is 1. The number of ether oxygens (including phenoxy) is 1. The number of fused-ring (bicyclic) bond motifs is 1. The van der Waals surface area contributed by atoms with Crippen molar-refractivity contribution in [2.24, 2.45) is 5.92 Å². The first-order chi connectivity index (χ1) is 13.1. The Morgan fingerprint density at radius 3 is 3.00 bits per heavy atom. The van der Waals surface area contributed by atoms with Crippen molar-refractivity contribution < 1.29 is 14.1 Å². The third-order valence-corrected chi connectivity index (χ3v) is 4.74. The van der Waals surface area contributed by atoms with E-state index in [1.165, 1.54) is 4.68 Å². The number of carbonyl (C=O) groups excluding carboxylic acids is 1. The predicted molar refractivity (Wildman–Crippen MR) is 97.2 cm³/mol. The molecule has 0 saturated carbocycles. The van der Waals surface area contributed by atoms with Crippen LogP contribution in [0, 0.1) is 12.8 Å². The molecule has 1 amide bonds. The van der Waals surface area contributed by atoms with Crippen molar-refractivity contribution in [3.8, 4) is 0 Å². The Labute approximate surface area is 155 Å². The zero-order valence-corrected chi connectivity index (χ0v) is 14.9. The van der Waals surface area contributed by atoms with E-state index in [1.54, 1.807) is 18.3 Å². The first kappa shape index (κ1) is 17.4. The number of aromatic nitrogens is 3. The van der Waals surface area contributed by atoms with Gasteiger partial charge in [-0.15, -0.1) is 0 Å². The van der Waals surface area contributed by atoms with Crippen LogP contribution < -0.4 is 10.9 Å². The normalized spacial score (nSPS) is 19.4. The number of nitrogens with zero attached hydrogens (tertiary/aromatic N) is 3. The topological polar surface area (TPSA) is 99.2 Å². The zero-order chi connectivity index (χ0) is 18.8. The van der Waals surface area contributed by atoms with Gasteiger partial charge in [-0.05, 0) is 13.0 Å². The van der Waals surface area contributed by atoms with E-state index in [1.807, 2.05) is 25.1 Å². The van der Waals surface area contributed by atoms with Crippen LogP contribution in [0.3, 0.4) is 0 Å². The van der Waals surface area contributed by atoms with E-state index in [4.69, 9.17) is 9.26 Å². The van der Waals surface area contributed by atoms with Crippen molar-refractivity contribution in [2.75, 3.05) is 13.2 Å². The van der Waals surface area contributed by atoms with Crippen LogP contribution in [0.2, 0.25) is 0 Å². The second-order valence-corrected chi connectivity index (χ2v) is 6.80. The standard InChI is InChI=1S/C19H20N4O4/c1-12-6-15(27-22-12)7-14-10-26-11-17(14)21-18(24)9-23-19(25)16-5-3-2-4-13(16)8-20-23/h2-6,8,14,17H,7,9-11H2,1H3,(H,21,24)/t14-,17+/m1/s1. The lowest BCUT2D eigenvalue weighted by molar-refractivity contribution is -0.122. The van der Waals surface area contributed by atoms with E-state index >= 15 is 0 Å². The highest BCUT2D eigenvalue weighted by atomic mass is 16.5. The maximum atomic E-state index is 12.5. The lowest BCUT2D eigenvalue weighted by Gasteiger charge is -2.18. The second-order valence-electron chi connectivity index (χ2n) is 6.80. The van der Waals surface area contributed by atoms with Gasteiger partial charge < -0.3 is 14.6 Å². The smallest absolute Gasteiger partial charge is 0.275 e. The molecule has 1 fully saturated rings. The second kappa shape index (κ2) is 7.32. The molecule has 8 nitrogen and oxygen atoms in total. The van der Waals surface area contributed by atoms with Crippen LogP contribution in [0.25, 0.3) is 10.8 Å². The van der Waals surface area contributed by atoms with Crippen molar-refractivity contribution in [1.29, 1.82) is 0 Å². The van der Waals surface area contributed by atoms with E-state index in [2.05, 4.69) is 15.6 Å². The molecule has 0 radical (unpaired) electrons. The lowest BCUT2D eigenvalue weighted by atomic mass is 9.98. The SMILES string of the molecule is Cc1cc(C[C@@H]2COC[C@@H]2NC(=O)Cn2ncc3ccccc3c2=O)on1. The number of aryl methyl sites for hydroxylation is 1. The van der Waals surface area contributed by atoms with Gasteiger partial charge in [-0.3, -0.25) is 9.59 Å². The van der Waals surface area contributed by atoms with E-state index in [9.17, 15) is 9.59 Å². The van der Waals surface area contributed by atoms with E-state index < -0.39 is 0 Å². The average Bonchev–Trinajstić information content (AvgIpc) is 3.27. The molecule has 1 aliphatic heterocycles. The maximum Gasteiger partial charge on any atom is 0.275 e. The van der Waals surface area contributed by atoms with Gasteiger partial charge in [0.2, 0.25) is 5.91 Å². The lowest BCUT2D eigenvalue weighted by Crippen LogP contribution is -2.43. The zero-order valence-electron chi connectivity index (χ0n) is 14.9. The fraction of sp³-hybridized carbons (Fsp3) is 0.368. The molecule has 1 aliphatic rings. The van der Waals surface area contributed by atoms with Gasteiger partial charge in [0.1, 0.15) is 12.3 Å². The first-order valence-electron chi connectivity index (χ1n) is 8.84. The molecule has 8 heteroatoms. The molecule has 0 unspecified atom stereocenters. The Bertz CT molecular complexity index is 1030. The number of rotatable bonds is 5. The van der Waals surface area contributed by atoms with Crippen molar-refractivity contribution in [2.45, 2.75) is 25.9 Å². The van der Waals surface area contributed by atoms with Crippen LogP contribution in [0.4, 0.5) is 0 Å². The van der Waals surface area contributed by atoms with Gasteiger partial charge in [-0.1, -0.05) is 23.4 Å². The molecular formula is C19H20N4O4. The largest absolute Gasteiger partial charge is 0.379 e. The molecule has 3 aromatic rings. The molecule has 0 bridgehead atoms. The predicted octanol–water partition coefficient (Wildman–Crippen LogP) is 1.07. The van der Waals surface area contributed by atoms with Crippen molar-refractivity contribution >= 4 is 16.7 Å². The molecule has 3 heterocycles. The molecule has 1 aromatic carbocycles. The summed E-state index contributed by atoms with van der Waals surface area (Å²) in [5.74, 6) is 0.603. The summed E-state index contributed by atoms with van der Waals surface area (Å²) in [7, 11) is 0. The average molecular weight is 368 g/mol. The van der Waals surface area contributed by atoms with Crippen molar-refractivity contribution in [1.82, 2.24) is 20.3 Å². The third kappa shape index (κ3) is 3.75. The van der Waals surface area contributed by atoms with Crippen LogP contribution in [0.1, 0.15) is 11.5 Å². The molecule has 0 aliphatic carbocycles. The molecule has 27 heavy (non-hydrogen) atoms. The number of amides is 1. The molecule has 1 N–H and O–H groups in total. The van der Waals surface area contributed by atoms with Gasteiger partial charge >= 0.3 is 0 Å². The minimum absolute atomic E-state index is 0.0996. The van der Waals surface area contributed by atoms with Crippen molar-refractivity contribution in [3.63, 3.8) is 0 Å². The molecule has 1 saturated heterocycles. The van der Waals surface area contributed by atoms with Gasteiger partial charge in [0.15, 0.2) is 0 Å². The molecule has 2 aromatic heterocycles. The van der Waals surface area contributed by atoms with E-state index in [-0.39, 0.29) is 30.0 Å². The fourth-order valence-electron chi connectivity index (χ4n) is 3.36. The maximum absolute atomic E-state index is 12.5. The minimum atomic E-state index is -0.278.